The van der Waals surface area contributed by atoms with Crippen LogP contribution in [0.3, 0.4) is 0 Å². The Morgan fingerprint density at radius 3 is 2.58 bits per heavy atom. The SMILES string of the molecule is Cc1cc(C(=O)CN(C)Cc2cccc(C#N)c2)c(C)n1CC(F)(F)F. The molecule has 1 aromatic heterocycles. The summed E-state index contributed by atoms with van der Waals surface area (Å²) in [7, 11) is 1.76. The van der Waals surface area contributed by atoms with Crippen molar-refractivity contribution in [3.63, 3.8) is 0 Å². The molecule has 0 aliphatic rings. The predicted molar refractivity (Wildman–Crippen MR) is 91.8 cm³/mol. The molecule has 0 aliphatic carbocycles. The molecule has 0 N–H and O–H groups in total. The molecule has 0 saturated carbocycles. The summed E-state index contributed by atoms with van der Waals surface area (Å²) in [5.41, 5.74) is 2.47. The van der Waals surface area contributed by atoms with E-state index in [2.05, 4.69) is 6.07 Å². The maximum atomic E-state index is 12.7. The van der Waals surface area contributed by atoms with Crippen molar-refractivity contribution < 1.29 is 18.0 Å². The largest absolute Gasteiger partial charge is 0.406 e. The van der Waals surface area contributed by atoms with Gasteiger partial charge in [0.1, 0.15) is 6.54 Å². The highest BCUT2D eigenvalue weighted by Crippen LogP contribution is 2.23. The molecule has 0 spiro atoms. The first-order valence-corrected chi connectivity index (χ1v) is 8.05. The van der Waals surface area contributed by atoms with Gasteiger partial charge in [-0.1, -0.05) is 12.1 Å². The molecule has 0 amide bonds. The summed E-state index contributed by atoms with van der Waals surface area (Å²) in [6.45, 7) is 2.53. The van der Waals surface area contributed by atoms with Gasteiger partial charge in [0, 0.05) is 23.5 Å². The number of aryl methyl sites for hydroxylation is 1. The van der Waals surface area contributed by atoms with Crippen molar-refractivity contribution in [1.82, 2.24) is 9.47 Å². The number of nitrogens with zero attached hydrogens (tertiary/aromatic N) is 3. The number of hydrogen-bond acceptors (Lipinski definition) is 3. The number of nitriles is 1. The van der Waals surface area contributed by atoms with Crippen molar-refractivity contribution in [1.29, 1.82) is 5.26 Å². The topological polar surface area (TPSA) is 49.0 Å². The molecule has 4 nitrogen and oxygen atoms in total. The standard InChI is InChI=1S/C19H20F3N3O/c1-13-7-17(14(2)25(13)12-19(20,21)22)18(26)11-24(3)10-16-6-4-5-15(8-16)9-23/h4-8H,10-12H2,1-3H3. The molecule has 7 heteroatoms. The smallest absolute Gasteiger partial charge is 0.339 e. The summed E-state index contributed by atoms with van der Waals surface area (Å²) in [6, 6.07) is 10.6. The van der Waals surface area contributed by atoms with Crippen LogP contribution in [0.15, 0.2) is 30.3 Å². The average Bonchev–Trinajstić information content (AvgIpc) is 2.81. The van der Waals surface area contributed by atoms with Gasteiger partial charge in [-0.3, -0.25) is 9.69 Å². The first kappa shape index (κ1) is 19.7. The molecule has 2 aromatic rings. The second-order valence-electron chi connectivity index (χ2n) is 6.39. The van der Waals surface area contributed by atoms with Gasteiger partial charge < -0.3 is 4.57 Å². The summed E-state index contributed by atoms with van der Waals surface area (Å²) < 4.78 is 39.2. The lowest BCUT2D eigenvalue weighted by molar-refractivity contribution is -0.141. The summed E-state index contributed by atoms with van der Waals surface area (Å²) in [6.07, 6.45) is -4.34. The lowest BCUT2D eigenvalue weighted by Gasteiger charge is -2.16. The minimum Gasteiger partial charge on any atom is -0.339 e. The quantitative estimate of drug-likeness (QED) is 0.733. The van der Waals surface area contributed by atoms with Crippen LogP contribution in [0.1, 0.15) is 32.9 Å². The van der Waals surface area contributed by atoms with Gasteiger partial charge >= 0.3 is 6.18 Å². The number of aromatic nitrogens is 1. The monoisotopic (exact) mass is 363 g/mol. The van der Waals surface area contributed by atoms with Gasteiger partial charge in [0.25, 0.3) is 0 Å². The first-order chi connectivity index (χ1) is 12.1. The third-order valence-corrected chi connectivity index (χ3v) is 4.13. The van der Waals surface area contributed by atoms with Crippen LogP contribution in [0.5, 0.6) is 0 Å². The summed E-state index contributed by atoms with van der Waals surface area (Å²) in [5, 5.41) is 8.93. The summed E-state index contributed by atoms with van der Waals surface area (Å²) in [4.78, 5) is 14.3. The van der Waals surface area contributed by atoms with E-state index in [0.717, 1.165) is 10.1 Å². The number of hydrogen-bond donors (Lipinski definition) is 0. The van der Waals surface area contributed by atoms with Gasteiger partial charge in [-0.2, -0.15) is 18.4 Å². The van der Waals surface area contributed by atoms with E-state index in [9.17, 15) is 18.0 Å². The number of ketones is 1. The first-order valence-electron chi connectivity index (χ1n) is 8.05. The molecule has 138 valence electrons. The zero-order valence-electron chi connectivity index (χ0n) is 14.9. The Morgan fingerprint density at radius 1 is 1.27 bits per heavy atom. The van der Waals surface area contributed by atoms with E-state index in [1.807, 2.05) is 6.07 Å². The van der Waals surface area contributed by atoms with E-state index in [1.54, 1.807) is 37.1 Å². The minimum atomic E-state index is -4.34. The van der Waals surface area contributed by atoms with Crippen LogP contribution in [0.4, 0.5) is 13.2 Å². The maximum absolute atomic E-state index is 12.7. The molecule has 2 rings (SSSR count). The molecule has 0 radical (unpaired) electrons. The van der Waals surface area contributed by atoms with Gasteiger partial charge in [-0.15, -0.1) is 0 Å². The Labute approximate surface area is 150 Å². The van der Waals surface area contributed by atoms with Crippen LogP contribution >= 0.6 is 0 Å². The third-order valence-electron chi connectivity index (χ3n) is 4.13. The van der Waals surface area contributed by atoms with Crippen LogP contribution in [0, 0.1) is 25.2 Å². The molecular formula is C19H20F3N3O. The number of halogens is 3. The lowest BCUT2D eigenvalue weighted by Crippen LogP contribution is -2.26. The molecule has 26 heavy (non-hydrogen) atoms. The number of Topliss-reactive ketones (excluding diaryl/α,β-unsaturated/α-hetero) is 1. The van der Waals surface area contributed by atoms with Gasteiger partial charge in [0.15, 0.2) is 5.78 Å². The average molecular weight is 363 g/mol. The van der Waals surface area contributed by atoms with Crippen molar-refractivity contribution in [2.24, 2.45) is 0 Å². The van der Waals surface area contributed by atoms with E-state index in [4.69, 9.17) is 5.26 Å². The number of likely N-dealkylation sites (N-methyl/N-ethyl adjacent to an activating group) is 1. The van der Waals surface area contributed by atoms with Crippen molar-refractivity contribution in [2.75, 3.05) is 13.6 Å². The Bertz CT molecular complexity index is 847. The Hall–Kier alpha value is -2.59. The number of benzene rings is 1. The highest BCUT2D eigenvalue weighted by molar-refractivity contribution is 5.99. The van der Waals surface area contributed by atoms with Crippen LogP contribution in [0.2, 0.25) is 0 Å². The molecule has 1 heterocycles. The highest BCUT2D eigenvalue weighted by atomic mass is 19.4. The van der Waals surface area contributed by atoms with Gasteiger partial charge in [0.05, 0.1) is 18.2 Å². The van der Waals surface area contributed by atoms with E-state index in [0.29, 0.717) is 29.1 Å². The molecule has 1 aromatic carbocycles. The fraction of sp³-hybridized carbons (Fsp3) is 0.368. The van der Waals surface area contributed by atoms with E-state index < -0.39 is 12.7 Å². The number of alkyl halides is 3. The van der Waals surface area contributed by atoms with Crippen molar-refractivity contribution >= 4 is 5.78 Å². The highest BCUT2D eigenvalue weighted by Gasteiger charge is 2.30. The van der Waals surface area contributed by atoms with Crippen molar-refractivity contribution in [3.8, 4) is 6.07 Å². The zero-order chi connectivity index (χ0) is 19.5. The number of rotatable bonds is 6. The van der Waals surface area contributed by atoms with Crippen LogP contribution in [0.25, 0.3) is 0 Å². The van der Waals surface area contributed by atoms with Crippen LogP contribution in [-0.2, 0) is 13.1 Å². The van der Waals surface area contributed by atoms with Crippen LogP contribution in [-0.4, -0.2) is 35.0 Å². The number of carbonyl (C=O) groups excluding carboxylic acids is 1. The van der Waals surface area contributed by atoms with Gasteiger partial charge in [-0.05, 0) is 44.7 Å². The Balaban J connectivity index is 2.10. The molecular weight excluding hydrogens is 343 g/mol. The second-order valence-corrected chi connectivity index (χ2v) is 6.39. The molecule has 0 saturated heterocycles. The fourth-order valence-electron chi connectivity index (χ4n) is 2.94. The molecule has 0 atom stereocenters. The molecule has 0 bridgehead atoms. The summed E-state index contributed by atoms with van der Waals surface area (Å²) >= 11 is 0. The maximum Gasteiger partial charge on any atom is 0.406 e. The predicted octanol–water partition coefficient (Wildman–Crippen LogP) is 3.85. The second kappa shape index (κ2) is 7.75. The Kier molecular flexibility index (Phi) is 5.88. The zero-order valence-corrected chi connectivity index (χ0v) is 14.9. The third kappa shape index (κ3) is 4.96. The molecule has 0 aliphatic heterocycles. The van der Waals surface area contributed by atoms with Gasteiger partial charge in [-0.25, -0.2) is 0 Å². The number of carbonyl (C=O) groups is 1. The van der Waals surface area contributed by atoms with E-state index in [1.165, 1.54) is 13.0 Å². The lowest BCUT2D eigenvalue weighted by atomic mass is 10.1. The van der Waals surface area contributed by atoms with Crippen LogP contribution < -0.4 is 0 Å². The van der Waals surface area contributed by atoms with E-state index in [-0.39, 0.29) is 12.3 Å². The summed E-state index contributed by atoms with van der Waals surface area (Å²) in [5.74, 6) is -0.231. The van der Waals surface area contributed by atoms with Crippen molar-refractivity contribution in [2.45, 2.75) is 33.1 Å². The molecule has 0 fully saturated rings. The fourth-order valence-corrected chi connectivity index (χ4v) is 2.94. The van der Waals surface area contributed by atoms with Gasteiger partial charge in [0.2, 0.25) is 0 Å². The van der Waals surface area contributed by atoms with E-state index >= 15 is 0 Å². The molecule has 0 unspecified atom stereocenters. The Morgan fingerprint density at radius 2 is 1.96 bits per heavy atom. The van der Waals surface area contributed by atoms with Crippen molar-refractivity contribution in [3.05, 3.63) is 58.4 Å². The minimum absolute atomic E-state index is 0.0765. The normalized spacial score (nSPS) is 11.6.